The predicted molar refractivity (Wildman–Crippen MR) is 94.5 cm³/mol. The number of halogens is 4. The molecule has 4 nitrogen and oxygen atoms in total. The third-order valence-corrected chi connectivity index (χ3v) is 4.32. The molecule has 0 bridgehead atoms. The van der Waals surface area contributed by atoms with Crippen molar-refractivity contribution in [3.63, 3.8) is 0 Å². The van der Waals surface area contributed by atoms with Crippen LogP contribution in [0.25, 0.3) is 0 Å². The Morgan fingerprint density at radius 3 is 2.25 bits per heavy atom. The van der Waals surface area contributed by atoms with Gasteiger partial charge in [-0.1, -0.05) is 32.0 Å². The molecule has 2 rings (SSSR count). The molecule has 28 heavy (non-hydrogen) atoms. The molecular formula is C20H19F4NO3. The largest absolute Gasteiger partial charge is 0.465 e. The third kappa shape index (κ3) is 4.68. The summed E-state index contributed by atoms with van der Waals surface area (Å²) < 4.78 is 57.8. The van der Waals surface area contributed by atoms with Crippen LogP contribution in [0.2, 0.25) is 0 Å². The van der Waals surface area contributed by atoms with Crippen LogP contribution in [-0.4, -0.2) is 25.5 Å². The molecule has 0 spiro atoms. The molecule has 0 radical (unpaired) electrons. The Hall–Kier alpha value is -2.90. The lowest BCUT2D eigenvalue weighted by atomic mass is 9.84. The van der Waals surface area contributed by atoms with Gasteiger partial charge in [-0.2, -0.15) is 13.2 Å². The second kappa shape index (κ2) is 8.00. The van der Waals surface area contributed by atoms with Crippen molar-refractivity contribution in [1.82, 2.24) is 5.32 Å². The van der Waals surface area contributed by atoms with Gasteiger partial charge in [0.25, 0.3) is 5.91 Å². The average Bonchev–Trinajstić information content (AvgIpc) is 2.64. The van der Waals surface area contributed by atoms with Gasteiger partial charge in [0.1, 0.15) is 5.82 Å². The van der Waals surface area contributed by atoms with Gasteiger partial charge in [-0.3, -0.25) is 4.79 Å². The van der Waals surface area contributed by atoms with Gasteiger partial charge in [-0.15, -0.1) is 0 Å². The molecule has 0 aromatic heterocycles. The van der Waals surface area contributed by atoms with Crippen LogP contribution in [0.4, 0.5) is 17.6 Å². The predicted octanol–water partition coefficient (Wildman–Crippen LogP) is 4.34. The van der Waals surface area contributed by atoms with Crippen LogP contribution in [0.3, 0.4) is 0 Å². The molecular weight excluding hydrogens is 378 g/mol. The average molecular weight is 397 g/mol. The van der Waals surface area contributed by atoms with Crippen molar-refractivity contribution >= 4 is 11.9 Å². The Morgan fingerprint density at radius 1 is 1.04 bits per heavy atom. The molecule has 8 heteroatoms. The van der Waals surface area contributed by atoms with Gasteiger partial charge in [0.05, 0.1) is 23.8 Å². The molecule has 2 aromatic rings. The van der Waals surface area contributed by atoms with Gasteiger partial charge >= 0.3 is 12.1 Å². The van der Waals surface area contributed by atoms with E-state index < -0.39 is 40.4 Å². The first-order valence-corrected chi connectivity index (χ1v) is 8.30. The summed E-state index contributed by atoms with van der Waals surface area (Å²) in [5.74, 6) is -2.49. The second-order valence-corrected chi connectivity index (χ2v) is 6.80. The molecule has 0 aliphatic carbocycles. The third-order valence-electron chi connectivity index (χ3n) is 4.32. The van der Waals surface area contributed by atoms with Crippen LogP contribution in [-0.2, 0) is 16.3 Å². The zero-order valence-corrected chi connectivity index (χ0v) is 15.5. The van der Waals surface area contributed by atoms with E-state index in [1.54, 1.807) is 13.8 Å². The Balaban J connectivity index is 2.19. The zero-order chi connectivity index (χ0) is 21.1. The number of nitrogens with one attached hydrogen (secondary N) is 1. The molecule has 0 saturated heterocycles. The number of methoxy groups -OCH3 is 1. The fourth-order valence-corrected chi connectivity index (χ4v) is 2.64. The Labute approximate surface area is 159 Å². The summed E-state index contributed by atoms with van der Waals surface area (Å²) in [6, 6.07) is 8.38. The molecule has 1 N–H and O–H groups in total. The summed E-state index contributed by atoms with van der Waals surface area (Å²) in [5, 5.41) is 2.47. The standard InChI is InChI=1S/C20H19F4NO3/c1-19(2,12-8-9-14(16(21)10-12)18(27)28-3)11-25-17(26)13-6-4-5-7-15(13)20(22,23)24/h4-10H,11H2,1-3H3,(H,25,26). The number of hydrogen-bond acceptors (Lipinski definition) is 3. The second-order valence-electron chi connectivity index (χ2n) is 6.80. The molecule has 0 atom stereocenters. The highest BCUT2D eigenvalue weighted by Gasteiger charge is 2.35. The van der Waals surface area contributed by atoms with Crippen molar-refractivity contribution in [2.24, 2.45) is 0 Å². The summed E-state index contributed by atoms with van der Waals surface area (Å²) >= 11 is 0. The number of benzene rings is 2. The summed E-state index contributed by atoms with van der Waals surface area (Å²) in [6.07, 6.45) is -4.66. The summed E-state index contributed by atoms with van der Waals surface area (Å²) in [6.45, 7) is 3.33. The van der Waals surface area contributed by atoms with Crippen molar-refractivity contribution in [1.29, 1.82) is 0 Å². The van der Waals surface area contributed by atoms with Crippen LogP contribution in [0, 0.1) is 5.82 Å². The first-order valence-electron chi connectivity index (χ1n) is 8.30. The summed E-state index contributed by atoms with van der Waals surface area (Å²) in [4.78, 5) is 23.8. The van der Waals surface area contributed by atoms with Crippen LogP contribution >= 0.6 is 0 Å². The minimum atomic E-state index is -4.66. The van der Waals surface area contributed by atoms with Gasteiger partial charge in [-0.05, 0) is 29.8 Å². The van der Waals surface area contributed by atoms with Gasteiger partial charge in [0.15, 0.2) is 0 Å². The number of carbonyl (C=O) groups is 2. The van der Waals surface area contributed by atoms with Crippen LogP contribution in [0.1, 0.15) is 45.7 Å². The van der Waals surface area contributed by atoms with E-state index in [9.17, 15) is 27.2 Å². The Kier molecular flexibility index (Phi) is 6.11. The highest BCUT2D eigenvalue weighted by Crippen LogP contribution is 2.32. The van der Waals surface area contributed by atoms with Crippen molar-refractivity contribution in [3.05, 3.63) is 70.5 Å². The van der Waals surface area contributed by atoms with Crippen LogP contribution in [0.15, 0.2) is 42.5 Å². The van der Waals surface area contributed by atoms with Gasteiger partial charge in [0.2, 0.25) is 0 Å². The fourth-order valence-electron chi connectivity index (χ4n) is 2.64. The first-order chi connectivity index (χ1) is 13.0. The highest BCUT2D eigenvalue weighted by atomic mass is 19.4. The maximum absolute atomic E-state index is 14.2. The number of amides is 1. The topological polar surface area (TPSA) is 55.4 Å². The lowest BCUT2D eigenvalue weighted by Crippen LogP contribution is -2.37. The molecule has 1 amide bonds. The van der Waals surface area contributed by atoms with Crippen molar-refractivity contribution in [3.8, 4) is 0 Å². The lowest BCUT2D eigenvalue weighted by Gasteiger charge is -2.26. The van der Waals surface area contributed by atoms with Crippen LogP contribution < -0.4 is 5.32 Å². The van der Waals surface area contributed by atoms with Crippen molar-refractivity contribution < 1.29 is 31.9 Å². The number of hydrogen-bond donors (Lipinski definition) is 1. The van der Waals surface area contributed by atoms with E-state index in [-0.39, 0.29) is 12.1 Å². The summed E-state index contributed by atoms with van der Waals surface area (Å²) in [5.41, 5.74) is -2.10. The van der Waals surface area contributed by atoms with Crippen molar-refractivity contribution in [2.75, 3.05) is 13.7 Å². The Morgan fingerprint density at radius 2 is 1.68 bits per heavy atom. The van der Waals surface area contributed by atoms with E-state index in [0.717, 1.165) is 25.3 Å². The van der Waals surface area contributed by atoms with E-state index >= 15 is 0 Å². The van der Waals surface area contributed by atoms with Gasteiger partial charge < -0.3 is 10.1 Å². The molecule has 0 aliphatic heterocycles. The maximum Gasteiger partial charge on any atom is 0.417 e. The fraction of sp³-hybridized carbons (Fsp3) is 0.300. The quantitative estimate of drug-likeness (QED) is 0.603. The normalized spacial score (nSPS) is 11.8. The number of rotatable bonds is 5. The summed E-state index contributed by atoms with van der Waals surface area (Å²) in [7, 11) is 1.13. The molecule has 0 heterocycles. The molecule has 150 valence electrons. The van der Waals surface area contributed by atoms with Gasteiger partial charge in [0, 0.05) is 12.0 Å². The van der Waals surface area contributed by atoms with E-state index in [4.69, 9.17) is 0 Å². The number of alkyl halides is 3. The lowest BCUT2D eigenvalue weighted by molar-refractivity contribution is -0.137. The van der Waals surface area contributed by atoms with Crippen LogP contribution in [0.5, 0.6) is 0 Å². The highest BCUT2D eigenvalue weighted by molar-refractivity contribution is 5.96. The molecule has 0 fully saturated rings. The number of ether oxygens (including phenoxy) is 1. The maximum atomic E-state index is 14.2. The molecule has 2 aromatic carbocycles. The van der Waals surface area contributed by atoms with Crippen molar-refractivity contribution in [2.45, 2.75) is 25.4 Å². The SMILES string of the molecule is COC(=O)c1ccc(C(C)(C)CNC(=O)c2ccccc2C(F)(F)F)cc1F. The monoisotopic (exact) mass is 397 g/mol. The minimum Gasteiger partial charge on any atom is -0.465 e. The van der Waals surface area contributed by atoms with E-state index in [1.807, 2.05) is 0 Å². The zero-order valence-electron chi connectivity index (χ0n) is 15.5. The number of esters is 1. The Bertz CT molecular complexity index is 891. The smallest absolute Gasteiger partial charge is 0.417 e. The van der Waals surface area contributed by atoms with E-state index in [0.29, 0.717) is 5.56 Å². The van der Waals surface area contributed by atoms with E-state index in [2.05, 4.69) is 10.1 Å². The van der Waals surface area contributed by atoms with E-state index in [1.165, 1.54) is 24.3 Å². The number of carbonyl (C=O) groups excluding carboxylic acids is 2. The van der Waals surface area contributed by atoms with Gasteiger partial charge in [-0.25, -0.2) is 9.18 Å². The molecule has 0 unspecified atom stereocenters. The molecule has 0 saturated carbocycles. The molecule has 0 aliphatic rings. The minimum absolute atomic E-state index is 0.0466. The first kappa shape index (κ1) is 21.4.